The molecule has 0 N–H and O–H groups in total. The van der Waals surface area contributed by atoms with Gasteiger partial charge in [0.25, 0.3) is 0 Å². The largest absolute Gasteiger partial charge is 0.303 e. The number of hydrogen-bond acceptors (Lipinski definition) is 3. The maximum Gasteiger partial charge on any atom is 0.124 e. The van der Waals surface area contributed by atoms with Crippen LogP contribution in [0.25, 0.3) is 0 Å². The highest BCUT2D eigenvalue weighted by atomic mass is 32.2. The van der Waals surface area contributed by atoms with Gasteiger partial charge in [0.2, 0.25) is 0 Å². The van der Waals surface area contributed by atoms with Gasteiger partial charge in [-0.05, 0) is 36.9 Å². The molecule has 0 spiro atoms. The van der Waals surface area contributed by atoms with Gasteiger partial charge in [-0.2, -0.15) is 17.0 Å². The van der Waals surface area contributed by atoms with Crippen molar-refractivity contribution in [3.8, 4) is 6.07 Å². The maximum absolute atomic E-state index is 13.2. The molecule has 2 nitrogen and oxygen atoms in total. The van der Waals surface area contributed by atoms with E-state index in [4.69, 9.17) is 5.26 Å². The summed E-state index contributed by atoms with van der Waals surface area (Å²) in [6.45, 7) is 7.49. The van der Waals surface area contributed by atoms with Crippen LogP contribution in [0.1, 0.15) is 25.0 Å². The molecule has 0 atom stereocenters. The summed E-state index contributed by atoms with van der Waals surface area (Å²) in [6, 6.07) is 6.51. The van der Waals surface area contributed by atoms with Crippen LogP contribution in [0, 0.1) is 17.1 Å². The zero-order valence-corrected chi connectivity index (χ0v) is 11.8. The summed E-state index contributed by atoms with van der Waals surface area (Å²) in [5, 5.41) is 8.76. The summed E-state index contributed by atoms with van der Waals surface area (Å²) >= 11 is 1.78. The van der Waals surface area contributed by atoms with Gasteiger partial charge in [0.15, 0.2) is 0 Å². The quantitative estimate of drug-likeness (QED) is 0.709. The van der Waals surface area contributed by atoms with Crippen LogP contribution in [0.3, 0.4) is 0 Å². The van der Waals surface area contributed by atoms with Crippen molar-refractivity contribution >= 4 is 11.8 Å². The van der Waals surface area contributed by atoms with Crippen molar-refractivity contribution in [1.29, 1.82) is 5.26 Å². The number of rotatable bonds is 7. The van der Waals surface area contributed by atoms with E-state index in [-0.39, 0.29) is 5.82 Å². The molecule has 1 aromatic carbocycles. The van der Waals surface area contributed by atoms with E-state index in [1.165, 1.54) is 12.1 Å². The van der Waals surface area contributed by atoms with Crippen LogP contribution in [0.15, 0.2) is 18.2 Å². The van der Waals surface area contributed by atoms with Gasteiger partial charge >= 0.3 is 0 Å². The second-order valence-electron chi connectivity index (χ2n) is 4.04. The van der Waals surface area contributed by atoms with Crippen LogP contribution in [-0.4, -0.2) is 30.3 Å². The summed E-state index contributed by atoms with van der Waals surface area (Å²) in [5.41, 5.74) is 1.28. The van der Waals surface area contributed by atoms with Crippen molar-refractivity contribution < 1.29 is 4.39 Å². The Kier molecular flexibility index (Phi) is 6.77. The van der Waals surface area contributed by atoms with E-state index in [9.17, 15) is 4.39 Å². The van der Waals surface area contributed by atoms with E-state index in [0.717, 1.165) is 36.7 Å². The van der Waals surface area contributed by atoms with Crippen LogP contribution in [0.2, 0.25) is 0 Å². The number of thioether (sulfide) groups is 1. The van der Waals surface area contributed by atoms with E-state index >= 15 is 0 Å². The monoisotopic (exact) mass is 266 g/mol. The molecule has 4 heteroatoms. The molecule has 18 heavy (non-hydrogen) atoms. The number of benzene rings is 1. The molecule has 0 fully saturated rings. The highest BCUT2D eigenvalue weighted by Crippen LogP contribution is 2.15. The SMILES string of the molecule is CCN(CC)CCSCc1cc(F)cc(C#N)c1. The fraction of sp³-hybridized carbons (Fsp3) is 0.500. The Bertz CT molecular complexity index is 411. The third-order valence-electron chi connectivity index (χ3n) is 2.80. The van der Waals surface area contributed by atoms with E-state index < -0.39 is 0 Å². The minimum Gasteiger partial charge on any atom is -0.303 e. The Balaban J connectivity index is 2.40. The first-order valence-corrected chi connectivity index (χ1v) is 7.34. The first-order valence-electron chi connectivity index (χ1n) is 6.19. The van der Waals surface area contributed by atoms with Crippen molar-refractivity contribution in [1.82, 2.24) is 4.90 Å². The third-order valence-corrected chi connectivity index (χ3v) is 3.81. The smallest absolute Gasteiger partial charge is 0.124 e. The Morgan fingerprint density at radius 1 is 1.28 bits per heavy atom. The highest BCUT2D eigenvalue weighted by Gasteiger charge is 2.02. The van der Waals surface area contributed by atoms with Crippen molar-refractivity contribution in [3.05, 3.63) is 35.1 Å². The lowest BCUT2D eigenvalue weighted by molar-refractivity contribution is 0.324. The second kappa shape index (κ2) is 8.12. The molecule has 0 amide bonds. The zero-order chi connectivity index (χ0) is 13.4. The molecule has 0 radical (unpaired) electrons. The first-order chi connectivity index (χ1) is 8.69. The van der Waals surface area contributed by atoms with E-state index in [2.05, 4.69) is 18.7 Å². The Hall–Kier alpha value is -1.05. The lowest BCUT2D eigenvalue weighted by Crippen LogP contribution is -2.25. The lowest BCUT2D eigenvalue weighted by Gasteiger charge is -2.17. The molecule has 0 heterocycles. The van der Waals surface area contributed by atoms with Crippen molar-refractivity contribution in [2.75, 3.05) is 25.4 Å². The van der Waals surface area contributed by atoms with Crippen LogP contribution in [0.5, 0.6) is 0 Å². The van der Waals surface area contributed by atoms with Crippen molar-refractivity contribution in [2.45, 2.75) is 19.6 Å². The highest BCUT2D eigenvalue weighted by molar-refractivity contribution is 7.98. The number of nitrogens with zero attached hydrogens (tertiary/aromatic N) is 2. The van der Waals surface area contributed by atoms with Crippen molar-refractivity contribution in [2.24, 2.45) is 0 Å². The predicted molar refractivity (Wildman–Crippen MR) is 75.1 cm³/mol. The first kappa shape index (κ1) is 15.0. The molecule has 0 aliphatic rings. The normalized spacial score (nSPS) is 10.6. The predicted octanol–water partition coefficient (Wildman–Crippen LogP) is 3.27. The van der Waals surface area contributed by atoms with E-state index in [1.807, 2.05) is 6.07 Å². The summed E-state index contributed by atoms with van der Waals surface area (Å²) in [7, 11) is 0. The molecular formula is C14H19FN2S. The fourth-order valence-corrected chi connectivity index (χ4v) is 2.66. The molecule has 0 unspecified atom stereocenters. The standard InChI is InChI=1S/C14H19FN2S/c1-3-17(4-2)5-6-18-11-13-7-12(10-16)8-14(15)9-13/h7-9H,3-6,11H2,1-2H3. The zero-order valence-electron chi connectivity index (χ0n) is 10.9. The molecule has 1 rings (SSSR count). The topological polar surface area (TPSA) is 27.0 Å². The van der Waals surface area contributed by atoms with Gasteiger partial charge in [0, 0.05) is 18.1 Å². The lowest BCUT2D eigenvalue weighted by atomic mass is 10.1. The summed E-state index contributed by atoms with van der Waals surface area (Å²) in [4.78, 5) is 2.36. The van der Waals surface area contributed by atoms with E-state index in [1.54, 1.807) is 17.8 Å². The number of halogens is 1. The van der Waals surface area contributed by atoms with Gasteiger partial charge in [0.1, 0.15) is 5.82 Å². The minimum atomic E-state index is -0.326. The van der Waals surface area contributed by atoms with Gasteiger partial charge in [-0.3, -0.25) is 0 Å². The molecule has 0 aliphatic heterocycles. The molecule has 0 aliphatic carbocycles. The average molecular weight is 266 g/mol. The Morgan fingerprint density at radius 2 is 2.00 bits per heavy atom. The molecular weight excluding hydrogens is 247 g/mol. The molecule has 0 saturated heterocycles. The van der Waals surface area contributed by atoms with Gasteiger partial charge in [-0.25, -0.2) is 4.39 Å². The third kappa shape index (κ3) is 5.07. The van der Waals surface area contributed by atoms with Gasteiger partial charge in [-0.1, -0.05) is 13.8 Å². The molecule has 0 saturated carbocycles. The minimum absolute atomic E-state index is 0.326. The van der Waals surface area contributed by atoms with Gasteiger partial charge < -0.3 is 4.90 Å². The maximum atomic E-state index is 13.2. The van der Waals surface area contributed by atoms with Crippen LogP contribution in [-0.2, 0) is 5.75 Å². The van der Waals surface area contributed by atoms with Gasteiger partial charge in [0.05, 0.1) is 11.6 Å². The number of nitriles is 1. The molecule has 0 bridgehead atoms. The van der Waals surface area contributed by atoms with Crippen LogP contribution in [0.4, 0.5) is 4.39 Å². The Labute approximate surface area is 113 Å². The van der Waals surface area contributed by atoms with Crippen molar-refractivity contribution in [3.63, 3.8) is 0 Å². The van der Waals surface area contributed by atoms with Crippen LogP contribution < -0.4 is 0 Å². The van der Waals surface area contributed by atoms with E-state index in [0.29, 0.717) is 5.56 Å². The second-order valence-corrected chi connectivity index (χ2v) is 5.14. The summed E-state index contributed by atoms with van der Waals surface area (Å²) < 4.78 is 13.2. The fourth-order valence-electron chi connectivity index (χ4n) is 1.72. The molecule has 0 aromatic heterocycles. The van der Waals surface area contributed by atoms with Crippen LogP contribution >= 0.6 is 11.8 Å². The number of hydrogen-bond donors (Lipinski definition) is 0. The summed E-state index contributed by atoms with van der Waals surface area (Å²) in [5.74, 6) is 1.46. The van der Waals surface area contributed by atoms with Gasteiger partial charge in [-0.15, -0.1) is 0 Å². The Morgan fingerprint density at radius 3 is 2.61 bits per heavy atom. The molecule has 1 aromatic rings. The summed E-state index contributed by atoms with van der Waals surface area (Å²) in [6.07, 6.45) is 0. The average Bonchev–Trinajstić information content (AvgIpc) is 2.38. The molecule has 98 valence electrons.